The van der Waals surface area contributed by atoms with Crippen LogP contribution >= 0.6 is 0 Å². The Morgan fingerprint density at radius 3 is 1.88 bits per heavy atom. The molecule has 1 rings (SSSR count). The molecule has 0 aromatic heterocycles. The smallest absolute Gasteiger partial charge is 0.148 e. The second kappa shape index (κ2) is 8.56. The molecule has 0 heterocycles. The zero-order chi connectivity index (χ0) is 19.6. The van der Waals surface area contributed by atoms with Crippen molar-refractivity contribution in [2.24, 2.45) is 23.7 Å². The van der Waals surface area contributed by atoms with E-state index >= 15 is 0 Å². The van der Waals surface area contributed by atoms with Crippen molar-refractivity contribution in [2.45, 2.75) is 100 Å². The van der Waals surface area contributed by atoms with E-state index in [0.29, 0.717) is 17.8 Å². The molecule has 1 aliphatic carbocycles. The summed E-state index contributed by atoms with van der Waals surface area (Å²) in [5, 5.41) is 1.81. The average Bonchev–Trinajstić information content (AvgIpc) is 2.91. The summed E-state index contributed by atoms with van der Waals surface area (Å²) >= 11 is 0. The van der Waals surface area contributed by atoms with Crippen LogP contribution in [-0.4, -0.2) is 13.8 Å². The van der Waals surface area contributed by atoms with Crippen molar-refractivity contribution < 1.29 is 0 Å². The molecule has 2 heteroatoms. The topological polar surface area (TPSA) is 12.0 Å². The predicted octanol–water partition coefficient (Wildman–Crippen LogP) is 7.11. The SMILES string of the molecule is CCC(C)C1=CC(C(C)CC)C([Si](C)(C)NC(C)(C)C)=C1C(C)CC. The van der Waals surface area contributed by atoms with Gasteiger partial charge in [0, 0.05) is 5.54 Å². The quantitative estimate of drug-likeness (QED) is 0.453. The van der Waals surface area contributed by atoms with Gasteiger partial charge in [0.05, 0.1) is 0 Å². The lowest BCUT2D eigenvalue weighted by atomic mass is 9.86. The van der Waals surface area contributed by atoms with Gasteiger partial charge in [0.1, 0.15) is 8.24 Å². The average molecular weight is 364 g/mol. The van der Waals surface area contributed by atoms with E-state index in [1.807, 2.05) is 0 Å². The maximum absolute atomic E-state index is 4.08. The van der Waals surface area contributed by atoms with Gasteiger partial charge in [-0.05, 0) is 68.4 Å². The fourth-order valence-electron chi connectivity index (χ4n) is 4.57. The van der Waals surface area contributed by atoms with Gasteiger partial charge in [0.25, 0.3) is 0 Å². The monoisotopic (exact) mass is 363 g/mol. The van der Waals surface area contributed by atoms with Gasteiger partial charge in [0.15, 0.2) is 0 Å². The van der Waals surface area contributed by atoms with Crippen LogP contribution in [0.4, 0.5) is 0 Å². The first kappa shape index (κ1) is 22.7. The van der Waals surface area contributed by atoms with Crippen LogP contribution in [0.3, 0.4) is 0 Å². The minimum Gasteiger partial charge on any atom is -0.329 e. The highest BCUT2D eigenvalue weighted by Gasteiger charge is 2.42. The molecule has 1 N–H and O–H groups in total. The Kier molecular flexibility index (Phi) is 7.78. The third kappa shape index (κ3) is 5.32. The van der Waals surface area contributed by atoms with Crippen molar-refractivity contribution in [1.82, 2.24) is 4.98 Å². The lowest BCUT2D eigenvalue weighted by Gasteiger charge is -2.39. The molecule has 1 aliphatic rings. The lowest BCUT2D eigenvalue weighted by molar-refractivity contribution is 0.466. The molecule has 0 fully saturated rings. The van der Waals surface area contributed by atoms with Gasteiger partial charge in [-0.25, -0.2) is 0 Å². The number of allylic oxidation sites excluding steroid dienone is 4. The van der Waals surface area contributed by atoms with Gasteiger partial charge < -0.3 is 4.98 Å². The highest BCUT2D eigenvalue weighted by Crippen LogP contribution is 2.47. The lowest BCUT2D eigenvalue weighted by Crippen LogP contribution is -2.57. The molecule has 25 heavy (non-hydrogen) atoms. The van der Waals surface area contributed by atoms with E-state index in [9.17, 15) is 0 Å². The van der Waals surface area contributed by atoms with E-state index in [2.05, 4.69) is 86.5 Å². The van der Waals surface area contributed by atoms with Crippen molar-refractivity contribution >= 4 is 8.24 Å². The largest absolute Gasteiger partial charge is 0.329 e. The second-order valence-electron chi connectivity index (χ2n) is 9.98. The molecule has 0 saturated carbocycles. The summed E-state index contributed by atoms with van der Waals surface area (Å²) in [4.78, 5) is 4.08. The van der Waals surface area contributed by atoms with Gasteiger partial charge >= 0.3 is 0 Å². The fraction of sp³-hybridized carbons (Fsp3) is 0.826. The van der Waals surface area contributed by atoms with Crippen molar-refractivity contribution in [3.63, 3.8) is 0 Å². The molecule has 0 aromatic rings. The molecule has 1 nitrogen and oxygen atoms in total. The standard InChI is InChI=1S/C23H45NSi/c1-12-16(4)19-15-20(17(5)13-2)22(21(19)18(6)14-3)25(10,11)24-23(7,8)9/h15-18,20,24H,12-14H2,1-11H3. The molecule has 0 aliphatic heterocycles. The Hall–Kier alpha value is -0.343. The predicted molar refractivity (Wildman–Crippen MR) is 117 cm³/mol. The Morgan fingerprint density at radius 1 is 0.960 bits per heavy atom. The van der Waals surface area contributed by atoms with Crippen molar-refractivity contribution in [1.29, 1.82) is 0 Å². The van der Waals surface area contributed by atoms with E-state index < -0.39 is 8.24 Å². The van der Waals surface area contributed by atoms with E-state index in [0.717, 1.165) is 5.92 Å². The van der Waals surface area contributed by atoms with Crippen molar-refractivity contribution in [2.75, 3.05) is 0 Å². The molecular formula is C23H45NSi. The Balaban J connectivity index is 3.58. The summed E-state index contributed by atoms with van der Waals surface area (Å²) in [7, 11) is -1.71. The molecule has 0 saturated heterocycles. The maximum Gasteiger partial charge on any atom is 0.148 e. The van der Waals surface area contributed by atoms with Crippen LogP contribution in [-0.2, 0) is 0 Å². The summed E-state index contributed by atoms with van der Waals surface area (Å²) in [6.07, 6.45) is 6.41. The van der Waals surface area contributed by atoms with Crippen molar-refractivity contribution in [3.05, 3.63) is 22.4 Å². The van der Waals surface area contributed by atoms with E-state index in [1.54, 1.807) is 16.3 Å². The second-order valence-corrected chi connectivity index (χ2v) is 14.0. The van der Waals surface area contributed by atoms with E-state index in [1.165, 1.54) is 19.3 Å². The first-order valence-corrected chi connectivity index (χ1v) is 13.6. The third-order valence-corrected chi connectivity index (χ3v) is 9.48. The van der Waals surface area contributed by atoms with Crippen LogP contribution in [0, 0.1) is 23.7 Å². The zero-order valence-electron chi connectivity index (χ0n) is 19.0. The molecule has 0 aromatic carbocycles. The first-order chi connectivity index (χ1) is 11.4. The molecule has 0 amide bonds. The number of nitrogens with one attached hydrogen (secondary N) is 1. The molecule has 0 radical (unpaired) electrons. The highest BCUT2D eigenvalue weighted by molar-refractivity contribution is 6.82. The third-order valence-electron chi connectivity index (χ3n) is 6.16. The Bertz CT molecular complexity index is 507. The number of hydrogen-bond acceptors (Lipinski definition) is 1. The van der Waals surface area contributed by atoms with Crippen LogP contribution in [0.5, 0.6) is 0 Å². The normalized spacial score (nSPS) is 22.8. The van der Waals surface area contributed by atoms with Gasteiger partial charge in [-0.1, -0.05) is 72.3 Å². The Morgan fingerprint density at radius 2 is 1.48 bits per heavy atom. The molecule has 0 spiro atoms. The molecule has 4 unspecified atom stereocenters. The summed E-state index contributed by atoms with van der Waals surface area (Å²) in [5.41, 5.74) is 3.58. The van der Waals surface area contributed by atoms with Gasteiger partial charge in [-0.3, -0.25) is 0 Å². The summed E-state index contributed by atoms with van der Waals surface area (Å²) < 4.78 is 0. The molecular weight excluding hydrogens is 318 g/mol. The molecule has 146 valence electrons. The summed E-state index contributed by atoms with van der Waals surface area (Å²) in [5.74, 6) is 2.70. The summed E-state index contributed by atoms with van der Waals surface area (Å²) in [6.45, 7) is 26.4. The minimum atomic E-state index is -1.71. The van der Waals surface area contributed by atoms with Crippen LogP contribution in [0.2, 0.25) is 13.1 Å². The molecule has 4 atom stereocenters. The van der Waals surface area contributed by atoms with Crippen LogP contribution in [0.15, 0.2) is 22.4 Å². The van der Waals surface area contributed by atoms with E-state index in [4.69, 9.17) is 0 Å². The minimum absolute atomic E-state index is 0.169. The number of rotatable bonds is 8. The van der Waals surface area contributed by atoms with Crippen LogP contribution in [0.25, 0.3) is 0 Å². The maximum atomic E-state index is 4.08. The first-order valence-electron chi connectivity index (χ1n) is 10.6. The van der Waals surface area contributed by atoms with Gasteiger partial charge in [-0.15, -0.1) is 0 Å². The van der Waals surface area contributed by atoms with Gasteiger partial charge in [0.2, 0.25) is 0 Å². The highest BCUT2D eigenvalue weighted by atomic mass is 28.3. The van der Waals surface area contributed by atoms with Crippen LogP contribution < -0.4 is 4.98 Å². The molecule has 0 bridgehead atoms. The zero-order valence-corrected chi connectivity index (χ0v) is 20.0. The fourth-order valence-corrected chi connectivity index (χ4v) is 8.84. The Labute approximate surface area is 159 Å². The number of hydrogen-bond donors (Lipinski definition) is 1. The van der Waals surface area contributed by atoms with Crippen LogP contribution in [0.1, 0.15) is 81.6 Å². The van der Waals surface area contributed by atoms with Gasteiger partial charge in [-0.2, -0.15) is 0 Å². The summed E-state index contributed by atoms with van der Waals surface area (Å²) in [6, 6.07) is 0. The van der Waals surface area contributed by atoms with Crippen molar-refractivity contribution in [3.8, 4) is 0 Å². The van der Waals surface area contributed by atoms with E-state index in [-0.39, 0.29) is 5.54 Å².